The Kier molecular flexibility index (Phi) is 4.84. The second-order valence-corrected chi connectivity index (χ2v) is 6.80. The Labute approximate surface area is 128 Å². The summed E-state index contributed by atoms with van der Waals surface area (Å²) in [7, 11) is 0. The number of rotatable bonds is 4. The fourth-order valence-corrected chi connectivity index (χ4v) is 4.10. The first kappa shape index (κ1) is 14.9. The van der Waals surface area contributed by atoms with E-state index in [1.54, 1.807) is 0 Å². The van der Waals surface area contributed by atoms with Crippen LogP contribution in [0.2, 0.25) is 0 Å². The van der Waals surface area contributed by atoms with E-state index in [-0.39, 0.29) is 6.10 Å². The van der Waals surface area contributed by atoms with Gasteiger partial charge in [0.05, 0.1) is 12.7 Å². The quantitative estimate of drug-likeness (QED) is 0.873. The van der Waals surface area contributed by atoms with E-state index in [9.17, 15) is 5.11 Å². The first-order valence-corrected chi connectivity index (χ1v) is 8.72. The molecule has 1 aromatic carbocycles. The summed E-state index contributed by atoms with van der Waals surface area (Å²) in [5, 5.41) is 10.8. The maximum absolute atomic E-state index is 10.8. The second-order valence-electron chi connectivity index (χ2n) is 6.80. The zero-order valence-corrected chi connectivity index (χ0v) is 13.2. The van der Waals surface area contributed by atoms with Gasteiger partial charge >= 0.3 is 0 Å². The van der Waals surface area contributed by atoms with Crippen molar-refractivity contribution in [2.45, 2.75) is 64.4 Å². The van der Waals surface area contributed by atoms with E-state index in [4.69, 9.17) is 4.74 Å². The Morgan fingerprint density at radius 3 is 2.81 bits per heavy atom. The van der Waals surface area contributed by atoms with Crippen molar-refractivity contribution in [1.82, 2.24) is 0 Å². The normalized spacial score (nSPS) is 26.8. The van der Waals surface area contributed by atoms with E-state index in [2.05, 4.69) is 25.1 Å². The zero-order valence-electron chi connectivity index (χ0n) is 13.2. The smallest absolute Gasteiger partial charge is 0.128 e. The van der Waals surface area contributed by atoms with Crippen LogP contribution in [0.15, 0.2) is 18.2 Å². The fraction of sp³-hybridized carbons (Fsp3) is 0.684. The third-order valence-corrected chi connectivity index (χ3v) is 5.32. The molecule has 21 heavy (non-hydrogen) atoms. The van der Waals surface area contributed by atoms with E-state index in [1.807, 2.05) is 0 Å². The van der Waals surface area contributed by atoms with Gasteiger partial charge in [-0.1, -0.05) is 50.8 Å². The number of hydrogen-bond acceptors (Lipinski definition) is 2. The SMILES string of the molecule is CCCC1CCC(C(O)c2cccc3c2OCCC3)CC1. The third-order valence-electron chi connectivity index (χ3n) is 5.32. The standard InChI is InChI=1S/C19H28O2/c1-2-5-14-9-11-15(12-10-14)18(20)17-8-3-6-16-7-4-13-21-19(16)17/h3,6,8,14-15,18,20H,2,4-5,7,9-13H2,1H3. The number of para-hydroxylation sites is 1. The summed E-state index contributed by atoms with van der Waals surface area (Å²) in [6.45, 7) is 3.06. The molecule has 0 amide bonds. The summed E-state index contributed by atoms with van der Waals surface area (Å²) in [6, 6.07) is 6.28. The minimum absolute atomic E-state index is 0.347. The molecule has 1 heterocycles. The maximum Gasteiger partial charge on any atom is 0.128 e. The molecule has 3 rings (SSSR count). The van der Waals surface area contributed by atoms with Crippen molar-refractivity contribution in [2.24, 2.45) is 11.8 Å². The van der Waals surface area contributed by atoms with E-state index in [0.717, 1.165) is 49.5 Å². The van der Waals surface area contributed by atoms with Gasteiger partial charge in [0, 0.05) is 5.56 Å². The number of benzene rings is 1. The van der Waals surface area contributed by atoms with Crippen LogP contribution in [0.5, 0.6) is 5.75 Å². The second kappa shape index (κ2) is 6.83. The van der Waals surface area contributed by atoms with Crippen LogP contribution in [0.25, 0.3) is 0 Å². The molecular weight excluding hydrogens is 260 g/mol. The van der Waals surface area contributed by atoms with E-state index in [1.165, 1.54) is 31.2 Å². The van der Waals surface area contributed by atoms with Crippen molar-refractivity contribution in [3.8, 4) is 5.75 Å². The molecule has 2 nitrogen and oxygen atoms in total. The highest BCUT2D eigenvalue weighted by Crippen LogP contribution is 2.42. The van der Waals surface area contributed by atoms with E-state index < -0.39 is 0 Å². The van der Waals surface area contributed by atoms with Crippen molar-refractivity contribution in [2.75, 3.05) is 6.61 Å². The molecular formula is C19H28O2. The van der Waals surface area contributed by atoms with Gasteiger partial charge in [0.2, 0.25) is 0 Å². The van der Waals surface area contributed by atoms with Crippen LogP contribution in [0.4, 0.5) is 0 Å². The van der Waals surface area contributed by atoms with Crippen molar-refractivity contribution in [3.05, 3.63) is 29.3 Å². The lowest BCUT2D eigenvalue weighted by molar-refractivity contribution is 0.0689. The van der Waals surface area contributed by atoms with Gasteiger partial charge in [0.15, 0.2) is 0 Å². The molecule has 1 N–H and O–H groups in total. The average Bonchev–Trinajstić information content (AvgIpc) is 2.55. The van der Waals surface area contributed by atoms with Gasteiger partial charge in [-0.25, -0.2) is 0 Å². The molecule has 1 aliphatic carbocycles. The molecule has 0 spiro atoms. The van der Waals surface area contributed by atoms with Crippen LogP contribution in [-0.4, -0.2) is 11.7 Å². The summed E-state index contributed by atoms with van der Waals surface area (Å²) in [5.74, 6) is 2.28. The lowest BCUT2D eigenvalue weighted by Crippen LogP contribution is -2.22. The van der Waals surface area contributed by atoms with Crippen LogP contribution in [0.3, 0.4) is 0 Å². The Bertz CT molecular complexity index is 461. The van der Waals surface area contributed by atoms with Crippen LogP contribution in [0, 0.1) is 11.8 Å². The third kappa shape index (κ3) is 3.26. The average molecular weight is 288 g/mol. The first-order chi connectivity index (χ1) is 10.3. The monoisotopic (exact) mass is 288 g/mol. The van der Waals surface area contributed by atoms with E-state index >= 15 is 0 Å². The Morgan fingerprint density at radius 1 is 1.24 bits per heavy atom. The predicted molar refractivity (Wildman–Crippen MR) is 85.6 cm³/mol. The molecule has 116 valence electrons. The van der Waals surface area contributed by atoms with Crippen molar-refractivity contribution < 1.29 is 9.84 Å². The lowest BCUT2D eigenvalue weighted by atomic mass is 9.76. The highest BCUT2D eigenvalue weighted by atomic mass is 16.5. The van der Waals surface area contributed by atoms with Crippen LogP contribution < -0.4 is 4.74 Å². The molecule has 1 fully saturated rings. The Morgan fingerprint density at radius 2 is 2.05 bits per heavy atom. The molecule has 2 aliphatic rings. The van der Waals surface area contributed by atoms with Gasteiger partial charge in [-0.15, -0.1) is 0 Å². The summed E-state index contributed by atoms with van der Waals surface area (Å²) < 4.78 is 5.87. The van der Waals surface area contributed by atoms with Gasteiger partial charge in [-0.2, -0.15) is 0 Å². The first-order valence-electron chi connectivity index (χ1n) is 8.72. The van der Waals surface area contributed by atoms with Gasteiger partial charge in [0.25, 0.3) is 0 Å². The largest absolute Gasteiger partial charge is 0.493 e. The molecule has 0 aromatic heterocycles. The molecule has 0 saturated heterocycles. The van der Waals surface area contributed by atoms with Crippen LogP contribution >= 0.6 is 0 Å². The highest BCUT2D eigenvalue weighted by Gasteiger charge is 2.29. The summed E-state index contributed by atoms with van der Waals surface area (Å²) in [5.41, 5.74) is 2.31. The number of ether oxygens (including phenoxy) is 1. The fourth-order valence-electron chi connectivity index (χ4n) is 4.10. The minimum atomic E-state index is -0.347. The molecule has 2 heteroatoms. The number of aliphatic hydroxyl groups excluding tert-OH is 1. The van der Waals surface area contributed by atoms with Crippen molar-refractivity contribution in [3.63, 3.8) is 0 Å². The molecule has 1 aliphatic heterocycles. The zero-order chi connectivity index (χ0) is 14.7. The maximum atomic E-state index is 10.8. The molecule has 1 atom stereocenters. The summed E-state index contributed by atoms with van der Waals surface area (Å²) in [6.07, 6.45) is 9.36. The van der Waals surface area contributed by atoms with Gasteiger partial charge in [-0.3, -0.25) is 0 Å². The topological polar surface area (TPSA) is 29.5 Å². The summed E-state index contributed by atoms with van der Waals surface area (Å²) in [4.78, 5) is 0. The predicted octanol–water partition coefficient (Wildman–Crippen LogP) is 4.65. The van der Waals surface area contributed by atoms with Crippen molar-refractivity contribution >= 4 is 0 Å². The van der Waals surface area contributed by atoms with Crippen molar-refractivity contribution in [1.29, 1.82) is 0 Å². The Hall–Kier alpha value is -1.02. The molecule has 1 saturated carbocycles. The minimum Gasteiger partial charge on any atom is -0.493 e. The molecule has 0 radical (unpaired) electrons. The van der Waals surface area contributed by atoms with Gasteiger partial charge in [0.1, 0.15) is 5.75 Å². The molecule has 1 aromatic rings. The number of hydrogen-bond donors (Lipinski definition) is 1. The number of aryl methyl sites for hydroxylation is 1. The van der Waals surface area contributed by atoms with Gasteiger partial charge in [-0.05, 0) is 43.1 Å². The molecule has 1 unspecified atom stereocenters. The van der Waals surface area contributed by atoms with Crippen LogP contribution in [0.1, 0.15) is 69.1 Å². The highest BCUT2D eigenvalue weighted by molar-refractivity contribution is 5.44. The van der Waals surface area contributed by atoms with Crippen LogP contribution in [-0.2, 0) is 6.42 Å². The van der Waals surface area contributed by atoms with Gasteiger partial charge < -0.3 is 9.84 Å². The molecule has 0 bridgehead atoms. The Balaban J connectivity index is 1.70. The number of aliphatic hydroxyl groups is 1. The van der Waals surface area contributed by atoms with E-state index in [0.29, 0.717) is 5.92 Å². The summed E-state index contributed by atoms with van der Waals surface area (Å²) >= 11 is 0. The number of fused-ring (bicyclic) bond motifs is 1. The lowest BCUT2D eigenvalue weighted by Gasteiger charge is -2.33.